The van der Waals surface area contributed by atoms with Gasteiger partial charge in [-0.3, -0.25) is 19.6 Å². The number of rotatable bonds is 12. The summed E-state index contributed by atoms with van der Waals surface area (Å²) in [6.45, 7) is 2.16. The van der Waals surface area contributed by atoms with Gasteiger partial charge < -0.3 is 41.3 Å². The fraction of sp³-hybridized carbons (Fsp3) is 0.235. The quantitative estimate of drug-likeness (QED) is 0.112. The van der Waals surface area contributed by atoms with Crippen molar-refractivity contribution >= 4 is 34.9 Å². The van der Waals surface area contributed by atoms with E-state index in [1.165, 1.54) is 26.2 Å². The van der Waals surface area contributed by atoms with Crippen LogP contribution in [0.2, 0.25) is 0 Å². The molecule has 0 aromatic heterocycles. The Morgan fingerprint density at radius 3 is 1.29 bits per heavy atom. The predicted molar refractivity (Wildman–Crippen MR) is 174 cm³/mol. The van der Waals surface area contributed by atoms with Gasteiger partial charge in [-0.2, -0.15) is 0 Å². The molecule has 0 spiro atoms. The smallest absolute Gasteiger partial charge is 0.357 e. The molecular weight excluding hydrogens is 683 g/mol. The SMILES string of the molecule is CC1=NC=C(CO)/C(=C/NC(O)(Cc2ccccc2)C(=O)O)C1=O.CC1=NC=C(CO)/C(=C/NC(O)(Cc2ccccc2)C(=O)O)C1=O.[Co]. The zero-order chi connectivity index (χ0) is 35.5. The van der Waals surface area contributed by atoms with E-state index in [-0.39, 0.29) is 63.3 Å². The van der Waals surface area contributed by atoms with E-state index in [0.717, 1.165) is 12.4 Å². The van der Waals surface area contributed by atoms with Crippen LogP contribution in [-0.4, -0.2) is 90.2 Å². The third-order valence-corrected chi connectivity index (χ3v) is 7.23. The third kappa shape index (κ3) is 10.5. The van der Waals surface area contributed by atoms with Gasteiger partial charge in [0, 0.05) is 76.7 Å². The number of ketones is 2. The molecule has 1 radical (unpaired) electrons. The number of carbonyl (C=O) groups excluding carboxylic acids is 2. The monoisotopic (exact) mass is 719 g/mol. The second kappa shape index (κ2) is 17.9. The van der Waals surface area contributed by atoms with Crippen LogP contribution in [0.4, 0.5) is 0 Å². The van der Waals surface area contributed by atoms with Crippen molar-refractivity contribution in [3.8, 4) is 0 Å². The number of aliphatic hydroxyl groups is 4. The number of nitrogens with zero attached hydrogens (tertiary/aromatic N) is 2. The van der Waals surface area contributed by atoms with Crippen molar-refractivity contribution in [2.24, 2.45) is 9.98 Å². The summed E-state index contributed by atoms with van der Waals surface area (Å²) in [5.41, 5.74) is -2.33. The van der Waals surface area contributed by atoms with Crippen LogP contribution >= 0.6 is 0 Å². The van der Waals surface area contributed by atoms with Crippen LogP contribution in [0.25, 0.3) is 0 Å². The van der Waals surface area contributed by atoms with Crippen molar-refractivity contribution in [3.05, 3.63) is 119 Å². The van der Waals surface area contributed by atoms with Gasteiger partial charge in [0.2, 0.25) is 23.0 Å². The molecule has 2 aromatic rings. The zero-order valence-corrected chi connectivity index (χ0v) is 27.5. The second-order valence-electron chi connectivity index (χ2n) is 10.8. The molecule has 0 amide bonds. The van der Waals surface area contributed by atoms with Gasteiger partial charge in [-0.25, -0.2) is 9.59 Å². The Hall–Kier alpha value is -5.03. The van der Waals surface area contributed by atoms with Gasteiger partial charge in [0.1, 0.15) is 0 Å². The normalized spacial score (nSPS) is 18.2. The topological polar surface area (TPSA) is 238 Å². The summed E-state index contributed by atoms with van der Waals surface area (Å²) >= 11 is 0. The van der Waals surface area contributed by atoms with Crippen LogP contribution < -0.4 is 10.6 Å². The van der Waals surface area contributed by atoms with E-state index in [0.29, 0.717) is 11.1 Å². The van der Waals surface area contributed by atoms with Crippen molar-refractivity contribution in [2.75, 3.05) is 13.2 Å². The number of nitrogens with one attached hydrogen (secondary N) is 2. The molecule has 0 aliphatic carbocycles. The third-order valence-electron chi connectivity index (χ3n) is 7.23. The molecule has 261 valence electrons. The molecule has 2 atom stereocenters. The van der Waals surface area contributed by atoms with Crippen molar-refractivity contribution < 1.29 is 66.6 Å². The maximum atomic E-state index is 12.1. The number of aliphatic imine (C=N–C) groups is 2. The largest absolute Gasteiger partial charge is 0.478 e. The fourth-order valence-electron chi connectivity index (χ4n) is 4.40. The fourth-order valence-corrected chi connectivity index (χ4v) is 4.40. The average Bonchev–Trinajstić information content (AvgIpc) is 3.07. The maximum Gasteiger partial charge on any atom is 0.357 e. The van der Waals surface area contributed by atoms with Gasteiger partial charge in [-0.15, -0.1) is 0 Å². The number of hydrogen-bond donors (Lipinski definition) is 8. The Kier molecular flexibility index (Phi) is 14.7. The number of aliphatic carboxylic acids is 2. The minimum atomic E-state index is -2.29. The number of benzene rings is 2. The van der Waals surface area contributed by atoms with Crippen molar-refractivity contribution in [1.29, 1.82) is 0 Å². The van der Waals surface area contributed by atoms with E-state index in [2.05, 4.69) is 20.6 Å². The Balaban J connectivity index is 0.000000333. The molecule has 0 bridgehead atoms. The summed E-state index contributed by atoms with van der Waals surface area (Å²) in [5, 5.41) is 62.9. The van der Waals surface area contributed by atoms with Crippen LogP contribution in [0.3, 0.4) is 0 Å². The van der Waals surface area contributed by atoms with Crippen LogP contribution in [0.1, 0.15) is 25.0 Å². The molecule has 8 N–H and O–H groups in total. The first-order valence-corrected chi connectivity index (χ1v) is 14.5. The average molecular weight is 720 g/mol. The van der Waals surface area contributed by atoms with Gasteiger partial charge in [-0.05, 0) is 25.0 Å². The van der Waals surface area contributed by atoms with Crippen LogP contribution in [0.15, 0.2) is 118 Å². The number of hydrogen-bond acceptors (Lipinski definition) is 12. The van der Waals surface area contributed by atoms with Crippen molar-refractivity contribution in [2.45, 2.75) is 38.1 Å². The van der Waals surface area contributed by atoms with Crippen molar-refractivity contribution in [1.82, 2.24) is 10.6 Å². The molecule has 4 rings (SSSR count). The van der Waals surface area contributed by atoms with E-state index < -0.39 is 48.2 Å². The van der Waals surface area contributed by atoms with Gasteiger partial charge in [-0.1, -0.05) is 60.7 Å². The first-order valence-electron chi connectivity index (χ1n) is 14.5. The summed E-state index contributed by atoms with van der Waals surface area (Å²) < 4.78 is 0. The van der Waals surface area contributed by atoms with E-state index in [4.69, 9.17) is 0 Å². The minimum absolute atomic E-state index is 0. The summed E-state index contributed by atoms with van der Waals surface area (Å²) in [4.78, 5) is 54.9. The van der Waals surface area contributed by atoms with Gasteiger partial charge in [0.05, 0.1) is 24.6 Å². The molecule has 0 saturated heterocycles. The van der Waals surface area contributed by atoms with E-state index >= 15 is 0 Å². The summed E-state index contributed by atoms with van der Waals surface area (Å²) in [5.74, 6) is -3.85. The van der Waals surface area contributed by atoms with Gasteiger partial charge >= 0.3 is 11.9 Å². The minimum Gasteiger partial charge on any atom is -0.478 e. The Labute approximate surface area is 291 Å². The molecule has 2 heterocycles. The Morgan fingerprint density at radius 1 is 0.673 bits per heavy atom. The number of aliphatic hydroxyl groups excluding tert-OH is 2. The van der Waals surface area contributed by atoms with Crippen molar-refractivity contribution in [3.63, 3.8) is 0 Å². The van der Waals surface area contributed by atoms with Gasteiger partial charge in [0.25, 0.3) is 0 Å². The molecule has 2 aliphatic heterocycles. The molecule has 2 aromatic carbocycles. The predicted octanol–water partition coefficient (Wildman–Crippen LogP) is 0.789. The van der Waals surface area contributed by atoms with E-state index in [1.54, 1.807) is 60.7 Å². The molecule has 2 aliphatic rings. The molecule has 0 fully saturated rings. The molecule has 0 saturated carbocycles. The van der Waals surface area contributed by atoms with Crippen LogP contribution in [0.5, 0.6) is 0 Å². The Morgan fingerprint density at radius 2 is 1.00 bits per heavy atom. The molecule has 2 unspecified atom stereocenters. The zero-order valence-electron chi connectivity index (χ0n) is 26.5. The molecule has 15 heteroatoms. The standard InChI is InChI=1S/2C17H18N2O5.Co/c2*1-11-15(21)14(13(10-20)8-18-11)9-19-17(24,16(22)23)7-12-5-3-2-4-6-12;/h2*2-6,8-9,19-20,24H,7,10H2,1H3,(H,22,23);/b2*14-9-;. The Bertz CT molecular complexity index is 1610. The first kappa shape index (κ1) is 40.1. The number of carbonyl (C=O) groups is 4. The van der Waals surface area contributed by atoms with E-state index in [1.807, 2.05) is 0 Å². The number of carboxylic acids is 2. The van der Waals surface area contributed by atoms with Gasteiger partial charge in [0.15, 0.2) is 0 Å². The summed E-state index contributed by atoms with van der Waals surface area (Å²) in [7, 11) is 0. The summed E-state index contributed by atoms with van der Waals surface area (Å²) in [6, 6.07) is 17.2. The van der Waals surface area contributed by atoms with Crippen LogP contribution in [0, 0.1) is 0 Å². The molecular formula is C34H36CoN4O10. The molecule has 49 heavy (non-hydrogen) atoms. The van der Waals surface area contributed by atoms with E-state index in [9.17, 15) is 49.8 Å². The van der Waals surface area contributed by atoms with Crippen LogP contribution in [-0.2, 0) is 48.8 Å². The molecule has 14 nitrogen and oxygen atoms in total. The first-order chi connectivity index (χ1) is 22.7. The number of Topliss-reactive ketones (excluding diaryl/α,β-unsaturated/α-hetero) is 2. The number of carboxylic acid groups (broad SMARTS) is 2. The summed E-state index contributed by atoms with van der Waals surface area (Å²) in [6.07, 6.45) is 4.49. The second-order valence-corrected chi connectivity index (χ2v) is 10.8. The maximum absolute atomic E-state index is 12.1.